The van der Waals surface area contributed by atoms with Gasteiger partial charge in [0.25, 0.3) is 5.91 Å². The third kappa shape index (κ3) is 3.55. The fourth-order valence-electron chi connectivity index (χ4n) is 0.702. The Hall–Kier alpha value is -0.140. The zero-order chi connectivity index (χ0) is 10.8. The summed E-state index contributed by atoms with van der Waals surface area (Å²) in [6, 6.07) is 1.90. The van der Waals surface area contributed by atoms with E-state index in [0.29, 0.717) is 4.88 Å². The molecule has 1 aromatic rings. The molecular formula is C9H12INO2S. The highest BCUT2D eigenvalue weighted by Crippen LogP contribution is 2.18. The van der Waals surface area contributed by atoms with E-state index in [0.717, 1.165) is 3.57 Å². The minimum Gasteiger partial charge on any atom is -0.268 e. The first-order valence-corrected chi connectivity index (χ1v) is 6.07. The SMILES string of the molecule is CC(C)(C)ONC(=O)c1sccc1I. The summed E-state index contributed by atoms with van der Waals surface area (Å²) in [7, 11) is 0. The minimum absolute atomic E-state index is 0.181. The predicted octanol–water partition coefficient (Wildman–Crippen LogP) is 2.81. The smallest absolute Gasteiger partial charge is 0.268 e. The molecule has 5 heteroatoms. The lowest BCUT2D eigenvalue weighted by Gasteiger charge is -2.18. The number of carbonyl (C=O) groups excluding carboxylic acids is 1. The van der Waals surface area contributed by atoms with Crippen molar-refractivity contribution in [3.8, 4) is 0 Å². The Morgan fingerprint density at radius 1 is 1.57 bits per heavy atom. The molecule has 14 heavy (non-hydrogen) atoms. The molecule has 1 amide bonds. The zero-order valence-electron chi connectivity index (χ0n) is 8.26. The van der Waals surface area contributed by atoms with Gasteiger partial charge in [-0.25, -0.2) is 5.48 Å². The summed E-state index contributed by atoms with van der Waals surface area (Å²) in [4.78, 5) is 17.4. The van der Waals surface area contributed by atoms with Gasteiger partial charge in [0.2, 0.25) is 0 Å². The highest BCUT2D eigenvalue weighted by molar-refractivity contribution is 14.1. The van der Waals surface area contributed by atoms with Crippen LogP contribution < -0.4 is 5.48 Å². The van der Waals surface area contributed by atoms with E-state index < -0.39 is 0 Å². The number of carbonyl (C=O) groups is 1. The molecule has 1 aromatic heterocycles. The fourth-order valence-corrected chi connectivity index (χ4v) is 2.42. The summed E-state index contributed by atoms with van der Waals surface area (Å²) in [6.45, 7) is 5.64. The van der Waals surface area contributed by atoms with Crippen molar-refractivity contribution in [2.45, 2.75) is 26.4 Å². The van der Waals surface area contributed by atoms with E-state index >= 15 is 0 Å². The maximum Gasteiger partial charge on any atom is 0.286 e. The van der Waals surface area contributed by atoms with Crippen LogP contribution in [0.4, 0.5) is 0 Å². The van der Waals surface area contributed by atoms with Crippen molar-refractivity contribution >= 4 is 39.8 Å². The number of nitrogens with one attached hydrogen (secondary N) is 1. The summed E-state index contributed by atoms with van der Waals surface area (Å²) in [5, 5.41) is 1.88. The van der Waals surface area contributed by atoms with E-state index in [2.05, 4.69) is 28.1 Å². The van der Waals surface area contributed by atoms with Gasteiger partial charge in [-0.15, -0.1) is 11.3 Å². The molecule has 0 aliphatic carbocycles. The highest BCUT2D eigenvalue weighted by Gasteiger charge is 2.16. The first-order chi connectivity index (χ1) is 6.40. The van der Waals surface area contributed by atoms with Crippen molar-refractivity contribution in [3.05, 3.63) is 19.9 Å². The van der Waals surface area contributed by atoms with Crippen LogP contribution in [0.1, 0.15) is 30.4 Å². The van der Waals surface area contributed by atoms with Crippen molar-refractivity contribution in [3.63, 3.8) is 0 Å². The second-order valence-corrected chi connectivity index (χ2v) is 5.82. The highest BCUT2D eigenvalue weighted by atomic mass is 127. The number of halogens is 1. The Balaban J connectivity index is 2.56. The van der Waals surface area contributed by atoms with Crippen molar-refractivity contribution in [1.82, 2.24) is 5.48 Å². The molecular weight excluding hydrogens is 313 g/mol. The van der Waals surface area contributed by atoms with E-state index in [9.17, 15) is 4.79 Å². The summed E-state index contributed by atoms with van der Waals surface area (Å²) < 4.78 is 0.947. The van der Waals surface area contributed by atoms with Crippen molar-refractivity contribution in [1.29, 1.82) is 0 Å². The molecule has 78 valence electrons. The second-order valence-electron chi connectivity index (χ2n) is 3.74. The molecule has 0 bridgehead atoms. The number of rotatable bonds is 2. The maximum absolute atomic E-state index is 11.5. The van der Waals surface area contributed by atoms with Crippen LogP contribution >= 0.6 is 33.9 Å². The molecule has 1 heterocycles. The third-order valence-electron chi connectivity index (χ3n) is 1.27. The first kappa shape index (κ1) is 11.9. The van der Waals surface area contributed by atoms with Crippen molar-refractivity contribution in [2.24, 2.45) is 0 Å². The van der Waals surface area contributed by atoms with E-state index in [1.807, 2.05) is 32.2 Å². The van der Waals surface area contributed by atoms with Crippen LogP contribution in [0, 0.1) is 3.57 Å². The summed E-state index contributed by atoms with van der Waals surface area (Å²) in [5.74, 6) is -0.181. The lowest BCUT2D eigenvalue weighted by molar-refractivity contribution is -0.0588. The molecule has 3 nitrogen and oxygen atoms in total. The molecule has 0 aliphatic rings. The van der Waals surface area contributed by atoms with Gasteiger partial charge in [0.05, 0.1) is 5.60 Å². The molecule has 1 rings (SSSR count). The Morgan fingerprint density at radius 3 is 2.64 bits per heavy atom. The third-order valence-corrected chi connectivity index (χ3v) is 3.45. The van der Waals surface area contributed by atoms with Gasteiger partial charge in [-0.05, 0) is 54.8 Å². The van der Waals surface area contributed by atoms with Crippen molar-refractivity contribution in [2.75, 3.05) is 0 Å². The van der Waals surface area contributed by atoms with E-state index in [1.54, 1.807) is 0 Å². The predicted molar refractivity (Wildman–Crippen MR) is 65.3 cm³/mol. The quantitative estimate of drug-likeness (QED) is 0.671. The van der Waals surface area contributed by atoms with Crippen LogP contribution in [0.2, 0.25) is 0 Å². The van der Waals surface area contributed by atoms with Gasteiger partial charge in [-0.2, -0.15) is 0 Å². The summed E-state index contributed by atoms with van der Waals surface area (Å²) in [6.07, 6.45) is 0. The molecule has 0 spiro atoms. The molecule has 0 saturated heterocycles. The van der Waals surface area contributed by atoms with E-state index in [-0.39, 0.29) is 11.5 Å². The van der Waals surface area contributed by atoms with Crippen LogP contribution in [0.25, 0.3) is 0 Å². The number of hydrogen-bond donors (Lipinski definition) is 1. The lowest BCUT2D eigenvalue weighted by atomic mass is 10.2. The Kier molecular flexibility index (Phi) is 3.91. The molecule has 1 N–H and O–H groups in total. The molecule has 0 unspecified atom stereocenters. The Bertz CT molecular complexity index is 330. The number of hydroxylamine groups is 1. The Morgan fingerprint density at radius 2 is 2.21 bits per heavy atom. The molecule has 0 aliphatic heterocycles. The maximum atomic E-state index is 11.5. The summed E-state index contributed by atoms with van der Waals surface area (Å²) in [5.41, 5.74) is 2.07. The zero-order valence-corrected chi connectivity index (χ0v) is 11.2. The topological polar surface area (TPSA) is 38.3 Å². The normalized spacial score (nSPS) is 11.4. The average Bonchev–Trinajstić information content (AvgIpc) is 2.46. The van der Waals surface area contributed by atoms with Gasteiger partial charge >= 0.3 is 0 Å². The number of hydrogen-bond acceptors (Lipinski definition) is 3. The standard InChI is InChI=1S/C9H12INO2S/c1-9(2,3)13-11-8(12)7-6(10)4-5-14-7/h4-5H,1-3H3,(H,11,12). The fraction of sp³-hybridized carbons (Fsp3) is 0.444. The molecule has 0 aromatic carbocycles. The molecule has 0 saturated carbocycles. The van der Waals surface area contributed by atoms with E-state index in [1.165, 1.54) is 11.3 Å². The first-order valence-electron chi connectivity index (χ1n) is 4.11. The van der Waals surface area contributed by atoms with E-state index in [4.69, 9.17) is 4.84 Å². The largest absolute Gasteiger partial charge is 0.286 e. The Labute approximate surface area is 101 Å². The van der Waals surface area contributed by atoms with Gasteiger partial charge in [0.1, 0.15) is 4.88 Å². The van der Waals surface area contributed by atoms with Crippen LogP contribution in [-0.2, 0) is 4.84 Å². The summed E-state index contributed by atoms with van der Waals surface area (Å²) >= 11 is 3.53. The van der Waals surface area contributed by atoms with Gasteiger partial charge in [-0.3, -0.25) is 9.63 Å². The molecule has 0 fully saturated rings. The molecule has 0 radical (unpaired) electrons. The number of thiophene rings is 1. The number of amides is 1. The monoisotopic (exact) mass is 325 g/mol. The second kappa shape index (κ2) is 4.59. The van der Waals surface area contributed by atoms with Crippen LogP contribution in [0.5, 0.6) is 0 Å². The lowest BCUT2D eigenvalue weighted by Crippen LogP contribution is -2.33. The van der Waals surface area contributed by atoms with Gasteiger partial charge in [0, 0.05) is 3.57 Å². The average molecular weight is 325 g/mol. The van der Waals surface area contributed by atoms with Crippen molar-refractivity contribution < 1.29 is 9.63 Å². The van der Waals surface area contributed by atoms with Gasteiger partial charge < -0.3 is 0 Å². The van der Waals surface area contributed by atoms with Crippen LogP contribution in [0.15, 0.2) is 11.4 Å². The van der Waals surface area contributed by atoms with Gasteiger partial charge in [0.15, 0.2) is 0 Å². The van der Waals surface area contributed by atoms with Crippen LogP contribution in [-0.4, -0.2) is 11.5 Å². The van der Waals surface area contributed by atoms with Crippen LogP contribution in [0.3, 0.4) is 0 Å². The van der Waals surface area contributed by atoms with Gasteiger partial charge in [-0.1, -0.05) is 0 Å². The minimum atomic E-state index is -0.363. The molecule has 0 atom stereocenters.